The molecule has 2 aromatic heterocycles. The quantitative estimate of drug-likeness (QED) is 0.404. The molecule has 0 bridgehead atoms. The van der Waals surface area contributed by atoms with Gasteiger partial charge < -0.3 is 10.1 Å². The van der Waals surface area contributed by atoms with Crippen LogP contribution in [0.1, 0.15) is 15.9 Å². The number of benzene rings is 2. The normalized spacial score (nSPS) is 10.9. The zero-order chi connectivity index (χ0) is 22.3. The first kappa shape index (κ1) is 21.3. The number of hydrogen-bond donors (Lipinski definition) is 1. The molecular weight excluding hydrogens is 426 g/mol. The van der Waals surface area contributed by atoms with Crippen LogP contribution in [0.2, 0.25) is 5.02 Å². The van der Waals surface area contributed by atoms with Crippen LogP contribution in [0.4, 0.5) is 5.95 Å². The predicted octanol–water partition coefficient (Wildman–Crippen LogP) is 4.97. The summed E-state index contributed by atoms with van der Waals surface area (Å²) in [6.45, 7) is 0.462. The SMILES string of the molecule is COc1ccc(CNc2nc(-c3cccnc3)nn2C(=O)C=Cc2ccc(Cl)cc2)cc1. The first-order chi connectivity index (χ1) is 15.6. The van der Waals surface area contributed by atoms with Crippen LogP contribution < -0.4 is 10.1 Å². The van der Waals surface area contributed by atoms with Crippen molar-refractivity contribution in [3.63, 3.8) is 0 Å². The summed E-state index contributed by atoms with van der Waals surface area (Å²) >= 11 is 5.92. The molecule has 7 nitrogen and oxygen atoms in total. The van der Waals surface area contributed by atoms with E-state index in [9.17, 15) is 4.79 Å². The maximum Gasteiger partial charge on any atom is 0.274 e. The third kappa shape index (κ3) is 5.19. The number of halogens is 1. The summed E-state index contributed by atoms with van der Waals surface area (Å²) in [6.07, 6.45) is 6.48. The number of carbonyl (C=O) groups is 1. The van der Waals surface area contributed by atoms with Gasteiger partial charge in [0.15, 0.2) is 5.82 Å². The average Bonchev–Trinajstić information content (AvgIpc) is 3.27. The number of methoxy groups -OCH3 is 1. The minimum atomic E-state index is -0.333. The van der Waals surface area contributed by atoms with E-state index in [1.54, 1.807) is 43.8 Å². The number of anilines is 1. The topological polar surface area (TPSA) is 81.9 Å². The molecule has 4 aromatic rings. The zero-order valence-electron chi connectivity index (χ0n) is 17.3. The second-order valence-corrected chi connectivity index (χ2v) is 7.27. The first-order valence-electron chi connectivity index (χ1n) is 9.84. The molecule has 1 N–H and O–H groups in total. The molecule has 0 radical (unpaired) electrons. The molecule has 0 amide bonds. The van der Waals surface area contributed by atoms with Gasteiger partial charge in [-0.3, -0.25) is 9.78 Å². The first-order valence-corrected chi connectivity index (χ1v) is 10.2. The van der Waals surface area contributed by atoms with Crippen molar-refractivity contribution in [3.05, 3.63) is 95.3 Å². The van der Waals surface area contributed by atoms with Crippen LogP contribution >= 0.6 is 11.6 Å². The Labute approximate surface area is 190 Å². The Balaban J connectivity index is 1.59. The lowest BCUT2D eigenvalue weighted by molar-refractivity contribution is 0.0957. The van der Waals surface area contributed by atoms with Gasteiger partial charge in [0, 0.05) is 35.6 Å². The van der Waals surface area contributed by atoms with Crippen LogP contribution in [0.3, 0.4) is 0 Å². The van der Waals surface area contributed by atoms with E-state index in [1.807, 2.05) is 42.5 Å². The van der Waals surface area contributed by atoms with Gasteiger partial charge in [0.1, 0.15) is 5.75 Å². The standard InChI is InChI=1S/C24H20ClN5O2/c1-32-21-11-6-18(7-12-21)15-27-24-28-23(19-3-2-14-26-16-19)29-30(24)22(31)13-8-17-4-9-20(25)10-5-17/h2-14,16H,15H2,1H3,(H,27,28,29). The number of carbonyl (C=O) groups excluding carboxylic acids is 1. The second kappa shape index (κ2) is 9.89. The van der Waals surface area contributed by atoms with Gasteiger partial charge in [-0.25, -0.2) is 0 Å². The van der Waals surface area contributed by atoms with E-state index in [2.05, 4.69) is 20.4 Å². The van der Waals surface area contributed by atoms with Crippen LogP contribution in [-0.2, 0) is 6.54 Å². The van der Waals surface area contributed by atoms with Gasteiger partial charge in [-0.15, -0.1) is 5.10 Å². The van der Waals surface area contributed by atoms with Crippen molar-refractivity contribution in [2.24, 2.45) is 0 Å². The summed E-state index contributed by atoms with van der Waals surface area (Å²) in [5.41, 5.74) is 2.57. The number of hydrogen-bond acceptors (Lipinski definition) is 6. The van der Waals surface area contributed by atoms with Gasteiger partial charge in [-0.05, 0) is 53.6 Å². The maximum atomic E-state index is 12.9. The molecule has 0 fully saturated rings. The van der Waals surface area contributed by atoms with Gasteiger partial charge >= 0.3 is 0 Å². The number of pyridine rings is 1. The second-order valence-electron chi connectivity index (χ2n) is 6.84. The van der Waals surface area contributed by atoms with Gasteiger partial charge in [0.2, 0.25) is 5.95 Å². The molecule has 0 saturated carbocycles. The highest BCUT2D eigenvalue weighted by Crippen LogP contribution is 2.19. The molecule has 160 valence electrons. The third-order valence-corrected chi connectivity index (χ3v) is 4.89. The monoisotopic (exact) mass is 445 g/mol. The fraction of sp³-hybridized carbons (Fsp3) is 0.0833. The Morgan fingerprint density at radius 1 is 1.12 bits per heavy atom. The summed E-state index contributed by atoms with van der Waals surface area (Å²) in [6, 6.07) is 18.5. The summed E-state index contributed by atoms with van der Waals surface area (Å²) in [4.78, 5) is 21.5. The number of nitrogens with one attached hydrogen (secondary N) is 1. The van der Waals surface area contributed by atoms with E-state index in [0.29, 0.717) is 28.9 Å². The average molecular weight is 446 g/mol. The molecule has 0 aliphatic rings. The van der Waals surface area contributed by atoms with Crippen molar-refractivity contribution in [2.75, 3.05) is 12.4 Å². The van der Waals surface area contributed by atoms with Gasteiger partial charge in [0.05, 0.1) is 7.11 Å². The summed E-state index contributed by atoms with van der Waals surface area (Å²) in [7, 11) is 1.62. The van der Waals surface area contributed by atoms with Gasteiger partial charge in [-0.2, -0.15) is 9.67 Å². The van der Waals surface area contributed by atoms with Crippen LogP contribution in [0.5, 0.6) is 5.75 Å². The van der Waals surface area contributed by atoms with Gasteiger partial charge in [0.25, 0.3) is 5.91 Å². The molecule has 0 spiro atoms. The van der Waals surface area contributed by atoms with Crippen molar-refractivity contribution >= 4 is 29.5 Å². The van der Waals surface area contributed by atoms with Crippen LogP contribution in [0.25, 0.3) is 17.5 Å². The molecule has 2 aromatic carbocycles. The summed E-state index contributed by atoms with van der Waals surface area (Å²) < 4.78 is 6.44. The zero-order valence-corrected chi connectivity index (χ0v) is 18.0. The molecule has 0 aliphatic carbocycles. The van der Waals surface area contributed by atoms with E-state index >= 15 is 0 Å². The number of allylic oxidation sites excluding steroid dienone is 1. The minimum Gasteiger partial charge on any atom is -0.497 e. The number of nitrogens with zero attached hydrogens (tertiary/aromatic N) is 4. The van der Waals surface area contributed by atoms with Crippen molar-refractivity contribution in [2.45, 2.75) is 6.54 Å². The van der Waals surface area contributed by atoms with Crippen LogP contribution in [0.15, 0.2) is 79.1 Å². The summed E-state index contributed by atoms with van der Waals surface area (Å²) in [5.74, 6) is 1.19. The van der Waals surface area contributed by atoms with E-state index in [1.165, 1.54) is 10.8 Å². The molecule has 2 heterocycles. The number of ether oxygens (including phenoxy) is 1. The molecular formula is C24H20ClN5O2. The van der Waals surface area contributed by atoms with Crippen molar-refractivity contribution in [1.82, 2.24) is 19.7 Å². The Kier molecular flexibility index (Phi) is 6.57. The van der Waals surface area contributed by atoms with E-state index in [0.717, 1.165) is 16.9 Å². The minimum absolute atomic E-state index is 0.333. The Morgan fingerprint density at radius 2 is 1.91 bits per heavy atom. The molecule has 0 aliphatic heterocycles. The van der Waals surface area contributed by atoms with Crippen molar-refractivity contribution in [3.8, 4) is 17.1 Å². The lowest BCUT2D eigenvalue weighted by Gasteiger charge is -2.07. The number of rotatable bonds is 7. The van der Waals surface area contributed by atoms with Crippen molar-refractivity contribution in [1.29, 1.82) is 0 Å². The Morgan fingerprint density at radius 3 is 2.59 bits per heavy atom. The smallest absolute Gasteiger partial charge is 0.274 e. The molecule has 0 unspecified atom stereocenters. The summed E-state index contributed by atoms with van der Waals surface area (Å²) in [5, 5.41) is 8.24. The molecule has 0 saturated heterocycles. The highest BCUT2D eigenvalue weighted by Gasteiger charge is 2.16. The third-order valence-electron chi connectivity index (χ3n) is 4.63. The molecule has 8 heteroatoms. The van der Waals surface area contributed by atoms with E-state index in [-0.39, 0.29) is 5.91 Å². The lowest BCUT2D eigenvalue weighted by Crippen LogP contribution is -2.14. The van der Waals surface area contributed by atoms with Gasteiger partial charge in [-0.1, -0.05) is 35.9 Å². The predicted molar refractivity (Wildman–Crippen MR) is 125 cm³/mol. The van der Waals surface area contributed by atoms with Crippen LogP contribution in [-0.4, -0.2) is 32.8 Å². The van der Waals surface area contributed by atoms with E-state index in [4.69, 9.17) is 16.3 Å². The highest BCUT2D eigenvalue weighted by molar-refractivity contribution is 6.30. The van der Waals surface area contributed by atoms with Crippen LogP contribution in [0, 0.1) is 0 Å². The van der Waals surface area contributed by atoms with Crippen molar-refractivity contribution < 1.29 is 9.53 Å². The largest absolute Gasteiger partial charge is 0.497 e. The molecule has 0 atom stereocenters. The molecule has 4 rings (SSSR count). The lowest BCUT2D eigenvalue weighted by atomic mass is 10.2. The Hall–Kier alpha value is -3.97. The Bertz CT molecular complexity index is 1220. The maximum absolute atomic E-state index is 12.9. The highest BCUT2D eigenvalue weighted by atomic mass is 35.5. The fourth-order valence-corrected chi connectivity index (χ4v) is 3.06. The fourth-order valence-electron chi connectivity index (χ4n) is 2.93. The molecule has 32 heavy (non-hydrogen) atoms. The number of aromatic nitrogens is 4. The van der Waals surface area contributed by atoms with E-state index < -0.39 is 0 Å².